The number of imide groups is 1. The van der Waals surface area contributed by atoms with Gasteiger partial charge in [0, 0.05) is 34.7 Å². The number of nitrogens with one attached hydrogen (secondary N) is 2. The molecule has 2 aromatic carbocycles. The summed E-state index contributed by atoms with van der Waals surface area (Å²) in [6.45, 7) is 1.84. The zero-order valence-corrected chi connectivity index (χ0v) is 26.8. The van der Waals surface area contributed by atoms with Crippen molar-refractivity contribution in [3.05, 3.63) is 68.1 Å². The van der Waals surface area contributed by atoms with E-state index in [1.165, 1.54) is 23.3 Å². The monoisotopic (exact) mass is 663 g/mol. The van der Waals surface area contributed by atoms with Crippen LogP contribution in [0.4, 0.5) is 5.69 Å². The lowest BCUT2D eigenvalue weighted by atomic mass is 9.68. The van der Waals surface area contributed by atoms with Crippen LogP contribution in [-0.2, 0) is 19.2 Å². The van der Waals surface area contributed by atoms with Gasteiger partial charge in [0.1, 0.15) is 0 Å². The van der Waals surface area contributed by atoms with Crippen molar-refractivity contribution in [2.75, 3.05) is 25.6 Å². The van der Waals surface area contributed by atoms with Crippen molar-refractivity contribution in [3.8, 4) is 11.5 Å². The fourth-order valence-electron chi connectivity index (χ4n) is 8.12. The lowest BCUT2D eigenvalue weighted by molar-refractivity contribution is -0.142. The number of carbonyl (C=O) groups excluding carboxylic acids is 3. The molecule has 3 amide bonds. The maximum atomic E-state index is 13.7. The molecule has 1 saturated heterocycles. The number of carboxylic acids is 1. The van der Waals surface area contributed by atoms with E-state index in [-0.39, 0.29) is 77.5 Å². The second-order valence-corrected chi connectivity index (χ2v) is 14.6. The zero-order valence-electron chi connectivity index (χ0n) is 25.2. The van der Waals surface area contributed by atoms with Crippen LogP contribution in [0.25, 0.3) is 0 Å². The molecule has 6 unspecified atom stereocenters. The number of anilines is 1. The molecule has 2 aliphatic heterocycles. The molecule has 7 rings (SSSR count). The number of aromatic amines is 1. The summed E-state index contributed by atoms with van der Waals surface area (Å²) in [5, 5.41) is 12.7. The van der Waals surface area contributed by atoms with E-state index in [0.717, 1.165) is 27.5 Å². The van der Waals surface area contributed by atoms with Crippen LogP contribution in [0.15, 0.2) is 52.3 Å². The summed E-state index contributed by atoms with van der Waals surface area (Å²) in [5.74, 6) is -1.97. The predicted octanol–water partition coefficient (Wildman–Crippen LogP) is 4.11. The highest BCUT2D eigenvalue weighted by atomic mass is 32.2. The number of aryl methyl sites for hydroxylation is 1. The van der Waals surface area contributed by atoms with Gasteiger partial charge in [-0.2, -0.15) is 0 Å². The molecule has 3 aromatic rings. The first kappa shape index (κ1) is 30.5. The van der Waals surface area contributed by atoms with Crippen LogP contribution >= 0.6 is 23.1 Å². The van der Waals surface area contributed by atoms with E-state index < -0.39 is 17.8 Å². The van der Waals surface area contributed by atoms with E-state index in [1.807, 2.05) is 43.3 Å². The maximum Gasteiger partial charge on any atom is 0.305 e. The number of amides is 3. The summed E-state index contributed by atoms with van der Waals surface area (Å²) in [4.78, 5) is 68.5. The summed E-state index contributed by atoms with van der Waals surface area (Å²) in [6, 6.07) is 13.1. The molecule has 7 atom stereocenters. The third-order valence-corrected chi connectivity index (χ3v) is 12.4. The highest BCUT2D eigenvalue weighted by Crippen LogP contribution is 2.68. The lowest BCUT2D eigenvalue weighted by Crippen LogP contribution is -2.42. The predicted molar refractivity (Wildman–Crippen MR) is 170 cm³/mol. The highest BCUT2D eigenvalue weighted by molar-refractivity contribution is 8.00. The second-order valence-electron chi connectivity index (χ2n) is 12.4. The van der Waals surface area contributed by atoms with Crippen molar-refractivity contribution in [1.29, 1.82) is 0 Å². The molecule has 2 saturated carbocycles. The number of methoxy groups -OCH3 is 1. The van der Waals surface area contributed by atoms with Crippen molar-refractivity contribution in [2.45, 2.75) is 42.4 Å². The Morgan fingerprint density at radius 3 is 2.59 bits per heavy atom. The Morgan fingerprint density at radius 2 is 1.85 bits per heavy atom. The quantitative estimate of drug-likeness (QED) is 0.272. The number of thiazole rings is 1. The number of fused-ring (bicyclic) bond motifs is 9. The van der Waals surface area contributed by atoms with E-state index in [2.05, 4.69) is 10.3 Å². The minimum Gasteiger partial charge on any atom is -0.493 e. The lowest BCUT2D eigenvalue weighted by Gasteiger charge is -2.43. The Morgan fingerprint density at radius 1 is 1.07 bits per heavy atom. The van der Waals surface area contributed by atoms with Gasteiger partial charge in [-0.3, -0.25) is 28.9 Å². The number of aliphatic carboxylic acids is 1. The number of carboxylic acid groups (broad SMARTS) is 1. The van der Waals surface area contributed by atoms with Gasteiger partial charge in [0.2, 0.25) is 11.8 Å². The number of thioether (sulfide) groups is 1. The van der Waals surface area contributed by atoms with Crippen molar-refractivity contribution in [3.63, 3.8) is 0 Å². The van der Waals surface area contributed by atoms with Gasteiger partial charge in [0.25, 0.3) is 5.91 Å². The number of carbonyl (C=O) groups is 4. The van der Waals surface area contributed by atoms with E-state index in [9.17, 15) is 24.0 Å². The van der Waals surface area contributed by atoms with Crippen molar-refractivity contribution < 1.29 is 33.8 Å². The second kappa shape index (κ2) is 11.9. The minimum atomic E-state index is -0.956. The van der Waals surface area contributed by atoms with Gasteiger partial charge in [0.05, 0.1) is 24.0 Å². The SMILES string of the molecule is COc1cc([C@H]2c3sc(=O)[nH]c3SC3C4CC(C5C(=O)N(CCCC(=O)O)C(=O)C45)C32)ccc1OCC(=O)Nc1cccc(C)c1. The van der Waals surface area contributed by atoms with Gasteiger partial charge in [-0.25, -0.2) is 0 Å². The standard InChI is InChI=1S/C33H33N3O8S2/c1-15-5-3-6-17(11-15)34-22(37)14-44-20-9-8-16(12-21(20)43-2)24-25-18-13-19(28(25)45-30-29(24)46-33(42)35-30)27-26(18)31(40)36(32(27)41)10-4-7-23(38)39/h3,5-6,8-9,11-12,18-19,24-28H,4,7,10,13-14H2,1-2H3,(H,34,37)(H,35,42)(H,38,39)/t18?,19?,24-,25?,26?,27?,28?/m1/s1. The summed E-state index contributed by atoms with van der Waals surface area (Å²) < 4.78 is 11.6. The Bertz CT molecular complexity index is 1800. The Kier molecular flexibility index (Phi) is 7.92. The summed E-state index contributed by atoms with van der Waals surface area (Å²) in [6.07, 6.45) is 0.878. The third-order valence-electron chi connectivity index (χ3n) is 9.79. The van der Waals surface area contributed by atoms with Crippen LogP contribution < -0.4 is 19.7 Å². The normalized spacial score (nSPS) is 27.3. The first-order valence-electron chi connectivity index (χ1n) is 15.3. The van der Waals surface area contributed by atoms with Gasteiger partial charge in [-0.05, 0) is 72.9 Å². The molecule has 0 radical (unpaired) electrons. The number of likely N-dealkylation sites (tertiary alicyclic amines) is 1. The maximum absolute atomic E-state index is 13.7. The summed E-state index contributed by atoms with van der Waals surface area (Å²) >= 11 is 2.77. The zero-order chi connectivity index (χ0) is 32.3. The molecule has 3 N–H and O–H groups in total. The van der Waals surface area contributed by atoms with Crippen molar-refractivity contribution in [2.24, 2.45) is 29.6 Å². The molecule has 0 spiro atoms. The van der Waals surface area contributed by atoms with Crippen LogP contribution in [0, 0.1) is 36.5 Å². The van der Waals surface area contributed by atoms with Crippen LogP contribution in [-0.4, -0.2) is 64.2 Å². The molecule has 3 heterocycles. The van der Waals surface area contributed by atoms with Crippen LogP contribution in [0.2, 0.25) is 0 Å². The number of H-pyrrole nitrogens is 1. The molecule has 46 heavy (non-hydrogen) atoms. The minimum absolute atomic E-state index is 0.00232. The van der Waals surface area contributed by atoms with Crippen LogP contribution in [0.3, 0.4) is 0 Å². The van der Waals surface area contributed by atoms with Gasteiger partial charge in [-0.1, -0.05) is 29.5 Å². The molecule has 3 fully saturated rings. The first-order valence-corrected chi connectivity index (χ1v) is 17.0. The summed E-state index contributed by atoms with van der Waals surface area (Å²) in [7, 11) is 1.53. The Labute approximate surface area is 272 Å². The fraction of sp³-hybridized carbons (Fsp3) is 0.424. The van der Waals surface area contributed by atoms with Crippen molar-refractivity contribution >= 4 is 52.5 Å². The van der Waals surface area contributed by atoms with Crippen LogP contribution in [0.1, 0.15) is 41.2 Å². The van der Waals surface area contributed by atoms with E-state index >= 15 is 0 Å². The van der Waals surface area contributed by atoms with Crippen molar-refractivity contribution in [1.82, 2.24) is 9.88 Å². The number of aromatic nitrogens is 1. The van der Waals surface area contributed by atoms with Crippen LogP contribution in [0.5, 0.6) is 11.5 Å². The average molecular weight is 664 g/mol. The fourth-order valence-corrected chi connectivity index (χ4v) is 11.0. The Hall–Kier alpha value is -4.10. The number of hydrogen-bond acceptors (Lipinski definition) is 9. The number of nitrogens with zero attached hydrogens (tertiary/aromatic N) is 1. The molecule has 2 aliphatic carbocycles. The van der Waals surface area contributed by atoms with E-state index in [4.69, 9.17) is 14.6 Å². The van der Waals surface area contributed by atoms with E-state index in [1.54, 1.807) is 17.8 Å². The average Bonchev–Trinajstić information content (AvgIpc) is 3.75. The number of rotatable bonds is 10. The molecule has 1 aromatic heterocycles. The molecule has 11 nitrogen and oxygen atoms in total. The van der Waals surface area contributed by atoms with E-state index in [0.29, 0.717) is 17.2 Å². The molecule has 4 aliphatic rings. The first-order chi connectivity index (χ1) is 22.1. The summed E-state index contributed by atoms with van der Waals surface area (Å²) in [5.41, 5.74) is 2.61. The number of hydrogen-bond donors (Lipinski definition) is 3. The molecule has 2 bridgehead atoms. The molecular formula is C33H33N3O8S2. The largest absolute Gasteiger partial charge is 0.493 e. The Balaban J connectivity index is 1.15. The van der Waals surface area contributed by atoms with Gasteiger partial charge in [-0.15, -0.1) is 11.8 Å². The topological polar surface area (TPSA) is 155 Å². The number of benzene rings is 2. The molecule has 240 valence electrons. The number of ether oxygens (including phenoxy) is 2. The third kappa shape index (κ3) is 5.19. The smallest absolute Gasteiger partial charge is 0.305 e. The van der Waals surface area contributed by atoms with Gasteiger partial charge >= 0.3 is 10.8 Å². The highest BCUT2D eigenvalue weighted by Gasteiger charge is 2.69. The van der Waals surface area contributed by atoms with Gasteiger partial charge < -0.3 is 24.9 Å². The van der Waals surface area contributed by atoms with Gasteiger partial charge in [0.15, 0.2) is 18.1 Å². The molecule has 13 heteroatoms. The molecular weight excluding hydrogens is 631 g/mol.